The number of amides is 2. The van der Waals surface area contributed by atoms with E-state index in [0.29, 0.717) is 41.6 Å². The first kappa shape index (κ1) is 40.4. The van der Waals surface area contributed by atoms with Gasteiger partial charge in [0.25, 0.3) is 11.8 Å². The summed E-state index contributed by atoms with van der Waals surface area (Å²) in [4.78, 5) is 38.6. The number of fused-ring (bicyclic) bond motifs is 2. The molecule has 1 fully saturated rings. The summed E-state index contributed by atoms with van der Waals surface area (Å²) in [5.41, 5.74) is 8.59. The van der Waals surface area contributed by atoms with E-state index in [9.17, 15) is 5.11 Å². The van der Waals surface area contributed by atoms with Gasteiger partial charge in [-0.1, -0.05) is 35.9 Å². The minimum Gasteiger partial charge on any atom is -0.508 e. The Hall–Kier alpha value is -4.80. The summed E-state index contributed by atoms with van der Waals surface area (Å²) in [6, 6.07) is 30.8. The maximum absolute atomic E-state index is 15.1. The minimum absolute atomic E-state index is 0. The number of carbonyl (C=O) groups is 2. The summed E-state index contributed by atoms with van der Waals surface area (Å²) >= 11 is 6.76. The number of phenolic OH excluding ortho intramolecular Hbond substituents is 1. The monoisotopic (exact) mass is 807 g/mol. The fraction of sp³-hybridized carbons (Fsp3) is 0.348. The lowest BCUT2D eigenvalue weighted by molar-refractivity contribution is 0.0193. The van der Waals surface area contributed by atoms with Crippen LogP contribution in [0, 0.1) is 0 Å². The summed E-state index contributed by atoms with van der Waals surface area (Å²) in [7, 11) is 0. The second kappa shape index (κ2) is 17.8. The van der Waals surface area contributed by atoms with Crippen LogP contribution in [0.15, 0.2) is 97.1 Å². The second-order valence-electron chi connectivity index (χ2n) is 15.0. The largest absolute Gasteiger partial charge is 0.508 e. The highest BCUT2D eigenvalue weighted by Gasteiger charge is 2.35. The number of benzene rings is 4. The van der Waals surface area contributed by atoms with Crippen molar-refractivity contribution in [1.29, 1.82) is 0 Å². The van der Waals surface area contributed by atoms with Crippen LogP contribution in [0.1, 0.15) is 64.2 Å². The zero-order chi connectivity index (χ0) is 38.8. The maximum Gasteiger partial charge on any atom is 0.264 e. The van der Waals surface area contributed by atoms with Crippen molar-refractivity contribution in [2.45, 2.75) is 58.7 Å². The minimum atomic E-state index is -0.170. The van der Waals surface area contributed by atoms with Gasteiger partial charge in [-0.3, -0.25) is 19.4 Å². The van der Waals surface area contributed by atoms with Gasteiger partial charge in [0, 0.05) is 96.5 Å². The van der Waals surface area contributed by atoms with Gasteiger partial charge < -0.3 is 24.2 Å². The number of anilines is 3. The Balaban J connectivity index is 0.00000496. The summed E-state index contributed by atoms with van der Waals surface area (Å²) in [5, 5.41) is 10.7. The Morgan fingerprint density at radius 2 is 1.47 bits per heavy atom. The van der Waals surface area contributed by atoms with Gasteiger partial charge in [0.05, 0.1) is 18.8 Å². The van der Waals surface area contributed by atoms with E-state index in [1.54, 1.807) is 35.2 Å². The zero-order valence-corrected chi connectivity index (χ0v) is 34.3. The first-order valence-corrected chi connectivity index (χ1v) is 20.4. The summed E-state index contributed by atoms with van der Waals surface area (Å²) in [6.45, 7) is 11.1. The second-order valence-corrected chi connectivity index (χ2v) is 15.4. The van der Waals surface area contributed by atoms with Crippen molar-refractivity contribution in [2.75, 3.05) is 55.7 Å². The molecule has 4 aromatic carbocycles. The SMILES string of the molecule is CCN(CC)c1ccc(N(C(=O)c2cc(-c3cc(Cl)ccc3C(=O)N3Cc4ccccc4C[C@H]3CN3CCOCC3)n3c2CCCC3)c2ccc(O)cc2)cc1.Cl. The van der Waals surface area contributed by atoms with E-state index in [4.69, 9.17) is 16.3 Å². The number of hydrogen-bond acceptors (Lipinski definition) is 6. The molecule has 0 bridgehead atoms. The number of halogens is 2. The van der Waals surface area contributed by atoms with Crippen molar-refractivity contribution in [2.24, 2.45) is 0 Å². The Morgan fingerprint density at radius 3 is 2.18 bits per heavy atom. The predicted molar refractivity (Wildman–Crippen MR) is 231 cm³/mol. The van der Waals surface area contributed by atoms with Gasteiger partial charge >= 0.3 is 0 Å². The summed E-state index contributed by atoms with van der Waals surface area (Å²) < 4.78 is 7.87. The van der Waals surface area contributed by atoms with E-state index in [1.807, 2.05) is 41.3 Å². The van der Waals surface area contributed by atoms with Crippen LogP contribution in [-0.2, 0) is 30.7 Å². The molecule has 4 heterocycles. The number of aromatic nitrogens is 1. The molecule has 11 heteroatoms. The van der Waals surface area contributed by atoms with Gasteiger partial charge in [-0.05, 0) is 123 Å². The number of morpholine rings is 1. The molecule has 3 aliphatic heterocycles. The number of carbonyl (C=O) groups excluding carboxylic acids is 2. The molecule has 298 valence electrons. The highest BCUT2D eigenvalue weighted by molar-refractivity contribution is 6.31. The van der Waals surface area contributed by atoms with Crippen molar-refractivity contribution in [3.05, 3.63) is 130 Å². The van der Waals surface area contributed by atoms with Gasteiger partial charge in [0.1, 0.15) is 5.75 Å². The third kappa shape index (κ3) is 8.30. The van der Waals surface area contributed by atoms with Crippen LogP contribution in [0.2, 0.25) is 5.02 Å². The van der Waals surface area contributed by atoms with Crippen molar-refractivity contribution >= 4 is 52.9 Å². The molecule has 2 amide bonds. The Morgan fingerprint density at radius 1 is 0.807 bits per heavy atom. The standard InChI is InChI=1S/C46H50ClN5O4.ClH/c1-3-49(4-2)35-13-15-36(16-14-35)52(37-17-19-39(53)20-18-37)46(55)42-29-44(50-22-8-7-11-43(42)50)41-28-34(47)12-21-40(41)45(54)51-30-33-10-6-5-9-32(33)27-38(51)31-48-23-25-56-26-24-48;/h5-6,9-10,12-21,28-29,38,53H,3-4,7-8,11,22-27,30-31H2,1-2H3;1H/t38-;/m0./s1. The molecule has 0 spiro atoms. The first-order chi connectivity index (χ1) is 27.3. The Kier molecular flexibility index (Phi) is 12.6. The van der Waals surface area contributed by atoms with Crippen LogP contribution in [0.25, 0.3) is 11.3 Å². The molecule has 1 aromatic heterocycles. The van der Waals surface area contributed by atoms with Gasteiger partial charge in [-0.2, -0.15) is 0 Å². The van der Waals surface area contributed by atoms with Crippen LogP contribution < -0.4 is 9.80 Å². The highest BCUT2D eigenvalue weighted by Crippen LogP contribution is 2.38. The number of ether oxygens (including phenoxy) is 1. The Bertz CT molecular complexity index is 2200. The third-order valence-electron chi connectivity index (χ3n) is 11.7. The molecule has 0 saturated carbocycles. The normalized spacial score (nSPS) is 16.6. The number of phenols is 1. The van der Waals surface area contributed by atoms with Gasteiger partial charge in [0.15, 0.2) is 0 Å². The zero-order valence-electron chi connectivity index (χ0n) is 32.7. The lowest BCUT2D eigenvalue weighted by atomic mass is 9.92. The first-order valence-electron chi connectivity index (χ1n) is 20.0. The fourth-order valence-corrected chi connectivity index (χ4v) is 8.90. The number of nitrogens with zero attached hydrogens (tertiary/aromatic N) is 5. The lowest BCUT2D eigenvalue weighted by Gasteiger charge is -2.40. The quantitative estimate of drug-likeness (QED) is 0.152. The number of hydrogen-bond donors (Lipinski definition) is 1. The van der Waals surface area contributed by atoms with E-state index in [-0.39, 0.29) is 36.0 Å². The molecule has 57 heavy (non-hydrogen) atoms. The molecule has 9 nitrogen and oxygen atoms in total. The van der Waals surface area contributed by atoms with Crippen LogP contribution >= 0.6 is 24.0 Å². The summed E-state index contributed by atoms with van der Waals surface area (Å²) in [6.07, 6.45) is 3.44. The molecule has 5 aromatic rings. The molecule has 0 aliphatic carbocycles. The van der Waals surface area contributed by atoms with Crippen molar-refractivity contribution in [3.8, 4) is 17.0 Å². The lowest BCUT2D eigenvalue weighted by Crippen LogP contribution is -2.52. The van der Waals surface area contributed by atoms with E-state index in [1.165, 1.54) is 11.1 Å². The van der Waals surface area contributed by atoms with Crippen LogP contribution in [0.5, 0.6) is 5.75 Å². The smallest absolute Gasteiger partial charge is 0.264 e. The van der Waals surface area contributed by atoms with E-state index in [2.05, 4.69) is 58.5 Å². The van der Waals surface area contributed by atoms with Gasteiger partial charge in [-0.15, -0.1) is 12.4 Å². The van der Waals surface area contributed by atoms with Crippen LogP contribution in [0.3, 0.4) is 0 Å². The van der Waals surface area contributed by atoms with Crippen molar-refractivity contribution in [1.82, 2.24) is 14.4 Å². The van der Waals surface area contributed by atoms with Crippen LogP contribution in [-0.4, -0.2) is 83.3 Å². The van der Waals surface area contributed by atoms with E-state index in [0.717, 1.165) is 93.3 Å². The molecule has 0 radical (unpaired) electrons. The molecule has 3 aliphatic rings. The molecule has 1 N–H and O–H groups in total. The third-order valence-corrected chi connectivity index (χ3v) is 11.9. The van der Waals surface area contributed by atoms with Crippen molar-refractivity contribution in [3.63, 3.8) is 0 Å². The van der Waals surface area contributed by atoms with Crippen LogP contribution in [0.4, 0.5) is 17.1 Å². The average Bonchev–Trinajstić information content (AvgIpc) is 3.62. The number of aromatic hydroxyl groups is 1. The average molecular weight is 809 g/mol. The molecule has 1 atom stereocenters. The molecular formula is C46H51Cl2N5O4. The van der Waals surface area contributed by atoms with E-state index < -0.39 is 0 Å². The van der Waals surface area contributed by atoms with Gasteiger partial charge in [-0.25, -0.2) is 0 Å². The summed E-state index contributed by atoms with van der Waals surface area (Å²) in [5.74, 6) is -0.0805. The van der Waals surface area contributed by atoms with Gasteiger partial charge in [0.2, 0.25) is 0 Å². The molecule has 1 saturated heterocycles. The predicted octanol–water partition coefficient (Wildman–Crippen LogP) is 9.00. The fourth-order valence-electron chi connectivity index (χ4n) is 8.73. The molecule has 0 unspecified atom stereocenters. The maximum atomic E-state index is 15.1. The molecular weight excluding hydrogens is 757 g/mol. The topological polar surface area (TPSA) is 81.5 Å². The van der Waals surface area contributed by atoms with E-state index >= 15 is 9.59 Å². The Labute approximate surface area is 346 Å². The highest BCUT2D eigenvalue weighted by atomic mass is 35.5. The number of rotatable bonds is 10. The van der Waals surface area contributed by atoms with Crippen molar-refractivity contribution < 1.29 is 19.4 Å². The molecule has 8 rings (SSSR count).